The third-order valence-electron chi connectivity index (χ3n) is 0.905. The highest BCUT2D eigenvalue weighted by atomic mass is 16.6. The van der Waals surface area contributed by atoms with Crippen molar-refractivity contribution < 1.29 is 14.3 Å². The zero-order valence-corrected chi connectivity index (χ0v) is 4.72. The Hall–Kier alpha value is -0.570. The summed E-state index contributed by atoms with van der Waals surface area (Å²) < 4.78 is 9.54. The van der Waals surface area contributed by atoms with Crippen molar-refractivity contribution in [3.8, 4) is 0 Å². The second-order valence-electron chi connectivity index (χ2n) is 1.82. The van der Waals surface area contributed by atoms with Crippen molar-refractivity contribution in [2.24, 2.45) is 0 Å². The quantitative estimate of drug-likeness (QED) is 0.416. The van der Waals surface area contributed by atoms with Crippen LogP contribution in [0.25, 0.3) is 0 Å². The number of ether oxygens (including phenoxy) is 2. The van der Waals surface area contributed by atoms with Gasteiger partial charge in [0.1, 0.15) is 12.7 Å². The van der Waals surface area contributed by atoms with Crippen LogP contribution in [-0.2, 0) is 14.3 Å². The number of cyclic esters (lactones) is 1. The molecule has 1 aliphatic rings. The minimum absolute atomic E-state index is 0.0590. The Kier molecular flexibility index (Phi) is 1.48. The Bertz CT molecular complexity index is 99.8. The first-order valence-electron chi connectivity index (χ1n) is 2.56. The maximum absolute atomic E-state index is 10.3. The average Bonchev–Trinajstić information content (AvgIpc) is 1.64. The van der Waals surface area contributed by atoms with E-state index in [9.17, 15) is 4.79 Å². The summed E-state index contributed by atoms with van der Waals surface area (Å²) in [5.74, 6) is -0.260. The third-order valence-corrected chi connectivity index (χ3v) is 0.905. The summed E-state index contributed by atoms with van der Waals surface area (Å²) in [4.78, 5) is 10.3. The van der Waals surface area contributed by atoms with E-state index in [1.165, 1.54) is 0 Å². The molecule has 0 aliphatic carbocycles. The second-order valence-corrected chi connectivity index (χ2v) is 1.82. The van der Waals surface area contributed by atoms with Gasteiger partial charge in [-0.1, -0.05) is 0 Å². The summed E-state index contributed by atoms with van der Waals surface area (Å²) >= 11 is 0. The summed E-state index contributed by atoms with van der Waals surface area (Å²) in [6.45, 7) is 2.45. The fraction of sp³-hybridized carbons (Fsp3) is 0.800. The first kappa shape index (κ1) is 5.56. The van der Waals surface area contributed by atoms with Crippen LogP contribution in [0.4, 0.5) is 0 Å². The summed E-state index contributed by atoms with van der Waals surface area (Å²) in [6, 6.07) is 0. The van der Waals surface area contributed by atoms with E-state index in [1.54, 1.807) is 6.92 Å². The molecule has 1 unspecified atom stereocenters. The second kappa shape index (κ2) is 2.13. The van der Waals surface area contributed by atoms with Crippen LogP contribution < -0.4 is 0 Å². The largest absolute Gasteiger partial charge is 0.459 e. The molecule has 0 aromatic rings. The van der Waals surface area contributed by atoms with Gasteiger partial charge in [-0.15, -0.1) is 0 Å². The fourth-order valence-corrected chi connectivity index (χ4v) is 0.601. The molecule has 0 radical (unpaired) electrons. The molecule has 0 amide bonds. The van der Waals surface area contributed by atoms with Crippen LogP contribution in [0.15, 0.2) is 0 Å². The number of rotatable bonds is 0. The van der Waals surface area contributed by atoms with Crippen LogP contribution >= 0.6 is 0 Å². The minimum atomic E-state index is -0.260. The Morgan fingerprint density at radius 2 is 2.50 bits per heavy atom. The topological polar surface area (TPSA) is 35.5 Å². The van der Waals surface area contributed by atoms with Crippen molar-refractivity contribution in [3.05, 3.63) is 0 Å². The molecule has 0 aromatic carbocycles. The standard InChI is InChI=1S/C5H8O3/c1-4-2-7-3-5(6)8-4/h4H,2-3H2,1H3. The van der Waals surface area contributed by atoms with Gasteiger partial charge in [0, 0.05) is 0 Å². The van der Waals surface area contributed by atoms with E-state index < -0.39 is 0 Å². The molecule has 0 aromatic heterocycles. The number of hydrogen-bond acceptors (Lipinski definition) is 3. The van der Waals surface area contributed by atoms with Crippen molar-refractivity contribution in [1.82, 2.24) is 0 Å². The number of esters is 1. The molecular formula is C5H8O3. The molecule has 0 N–H and O–H groups in total. The Labute approximate surface area is 47.6 Å². The van der Waals surface area contributed by atoms with Gasteiger partial charge >= 0.3 is 5.97 Å². The molecule has 1 saturated heterocycles. The monoisotopic (exact) mass is 116 g/mol. The SMILES string of the molecule is CC1COCC(=O)O1. The van der Waals surface area contributed by atoms with Crippen molar-refractivity contribution in [3.63, 3.8) is 0 Å². The molecule has 1 rings (SSSR count). The highest BCUT2D eigenvalue weighted by Crippen LogP contribution is 1.98. The fourth-order valence-electron chi connectivity index (χ4n) is 0.601. The van der Waals surface area contributed by atoms with E-state index >= 15 is 0 Å². The number of carbonyl (C=O) groups excluding carboxylic acids is 1. The van der Waals surface area contributed by atoms with E-state index in [1.807, 2.05) is 0 Å². The molecule has 0 spiro atoms. The number of hydrogen-bond donors (Lipinski definition) is 0. The lowest BCUT2D eigenvalue weighted by atomic mass is 10.4. The van der Waals surface area contributed by atoms with Crippen molar-refractivity contribution in [2.45, 2.75) is 13.0 Å². The molecule has 1 heterocycles. The normalized spacial score (nSPS) is 29.6. The molecular weight excluding hydrogens is 108 g/mol. The van der Waals surface area contributed by atoms with Crippen LogP contribution in [0.1, 0.15) is 6.92 Å². The van der Waals surface area contributed by atoms with Gasteiger partial charge in [-0.25, -0.2) is 4.79 Å². The lowest BCUT2D eigenvalue weighted by molar-refractivity contribution is -0.168. The third kappa shape index (κ3) is 1.20. The Morgan fingerprint density at radius 3 is 2.88 bits per heavy atom. The van der Waals surface area contributed by atoms with Crippen LogP contribution in [0, 0.1) is 0 Å². The summed E-state index contributed by atoms with van der Waals surface area (Å²) in [5, 5.41) is 0. The molecule has 1 fully saturated rings. The van der Waals surface area contributed by atoms with Crippen LogP contribution in [0.5, 0.6) is 0 Å². The Balaban J connectivity index is 2.34. The summed E-state index contributed by atoms with van der Waals surface area (Å²) in [6.07, 6.45) is -0.0590. The highest BCUT2D eigenvalue weighted by molar-refractivity contribution is 5.71. The van der Waals surface area contributed by atoms with Gasteiger partial charge < -0.3 is 9.47 Å². The minimum Gasteiger partial charge on any atom is -0.459 e. The smallest absolute Gasteiger partial charge is 0.332 e. The first-order valence-corrected chi connectivity index (χ1v) is 2.56. The molecule has 3 heteroatoms. The van der Waals surface area contributed by atoms with Gasteiger partial charge in [0.2, 0.25) is 0 Å². The van der Waals surface area contributed by atoms with E-state index in [0.717, 1.165) is 0 Å². The van der Waals surface area contributed by atoms with Gasteiger partial charge in [-0.05, 0) is 6.92 Å². The highest BCUT2D eigenvalue weighted by Gasteiger charge is 2.15. The summed E-state index contributed by atoms with van der Waals surface area (Å²) in [5.41, 5.74) is 0. The van der Waals surface area contributed by atoms with Gasteiger partial charge in [-0.2, -0.15) is 0 Å². The van der Waals surface area contributed by atoms with Gasteiger partial charge in [0.15, 0.2) is 0 Å². The molecule has 1 aliphatic heterocycles. The van der Waals surface area contributed by atoms with E-state index in [0.29, 0.717) is 6.61 Å². The zero-order chi connectivity index (χ0) is 5.98. The predicted molar refractivity (Wildman–Crippen MR) is 26.4 cm³/mol. The van der Waals surface area contributed by atoms with Crippen molar-refractivity contribution >= 4 is 5.97 Å². The lowest BCUT2D eigenvalue weighted by Crippen LogP contribution is -2.30. The van der Waals surface area contributed by atoms with Crippen molar-refractivity contribution in [2.75, 3.05) is 13.2 Å². The van der Waals surface area contributed by atoms with E-state index in [2.05, 4.69) is 0 Å². The van der Waals surface area contributed by atoms with Crippen LogP contribution in [0.3, 0.4) is 0 Å². The maximum Gasteiger partial charge on any atom is 0.332 e. The molecule has 46 valence electrons. The maximum atomic E-state index is 10.3. The van der Waals surface area contributed by atoms with E-state index in [4.69, 9.17) is 9.47 Å². The Morgan fingerprint density at radius 1 is 1.75 bits per heavy atom. The van der Waals surface area contributed by atoms with E-state index in [-0.39, 0.29) is 18.7 Å². The molecule has 3 nitrogen and oxygen atoms in total. The first-order chi connectivity index (χ1) is 3.79. The molecule has 0 bridgehead atoms. The molecule has 8 heavy (non-hydrogen) atoms. The molecule has 0 saturated carbocycles. The van der Waals surface area contributed by atoms with Gasteiger partial charge in [0.05, 0.1) is 6.61 Å². The summed E-state index contributed by atoms with van der Waals surface area (Å²) in [7, 11) is 0. The number of carbonyl (C=O) groups is 1. The van der Waals surface area contributed by atoms with Crippen LogP contribution in [-0.4, -0.2) is 25.3 Å². The van der Waals surface area contributed by atoms with Crippen LogP contribution in [0.2, 0.25) is 0 Å². The van der Waals surface area contributed by atoms with Gasteiger partial charge in [-0.3, -0.25) is 0 Å². The lowest BCUT2D eigenvalue weighted by Gasteiger charge is -2.17. The molecule has 1 atom stereocenters. The predicted octanol–water partition coefficient (Wildman–Crippen LogP) is -0.0517. The zero-order valence-electron chi connectivity index (χ0n) is 4.72. The van der Waals surface area contributed by atoms with Gasteiger partial charge in [0.25, 0.3) is 0 Å². The average molecular weight is 116 g/mol. The van der Waals surface area contributed by atoms with Crippen molar-refractivity contribution in [1.29, 1.82) is 0 Å².